The molecule has 0 aliphatic carbocycles. The highest BCUT2D eigenvalue weighted by atomic mass is 16.5. The molecule has 1 aliphatic heterocycles. The van der Waals surface area contributed by atoms with Crippen LogP contribution >= 0.6 is 0 Å². The lowest BCUT2D eigenvalue weighted by atomic mass is 9.95. The van der Waals surface area contributed by atoms with Crippen molar-refractivity contribution in [1.29, 1.82) is 0 Å². The molecule has 0 bridgehead atoms. The Morgan fingerprint density at radius 1 is 1.11 bits per heavy atom. The molecule has 1 saturated heterocycles. The average molecular weight is 369 g/mol. The van der Waals surface area contributed by atoms with Crippen molar-refractivity contribution in [1.82, 2.24) is 14.8 Å². The van der Waals surface area contributed by atoms with E-state index in [0.29, 0.717) is 31.3 Å². The molecule has 0 radical (unpaired) electrons. The molecule has 1 fully saturated rings. The van der Waals surface area contributed by atoms with Crippen LogP contribution in [-0.4, -0.2) is 66.7 Å². The number of ether oxygens (including phenoxy) is 2. The number of piperazine rings is 1. The molecule has 0 saturated carbocycles. The summed E-state index contributed by atoms with van der Waals surface area (Å²) in [5, 5.41) is 0. The van der Waals surface area contributed by atoms with Gasteiger partial charge < -0.3 is 14.4 Å². The fraction of sp³-hybridized carbons (Fsp3) is 0.429. The minimum absolute atomic E-state index is 0.0735. The van der Waals surface area contributed by atoms with E-state index in [1.54, 1.807) is 32.4 Å². The van der Waals surface area contributed by atoms with E-state index < -0.39 is 0 Å². The SMILES string of the molecule is COCC1(C)CN(C(=O)c2cccc(OC)n2)CCN1Cc1ccccc1. The van der Waals surface area contributed by atoms with Crippen LogP contribution in [0.25, 0.3) is 0 Å². The van der Waals surface area contributed by atoms with Crippen molar-refractivity contribution in [3.05, 3.63) is 59.8 Å². The van der Waals surface area contributed by atoms with E-state index in [0.717, 1.165) is 13.1 Å². The molecule has 144 valence electrons. The first-order valence-corrected chi connectivity index (χ1v) is 9.14. The number of hydrogen-bond acceptors (Lipinski definition) is 5. The van der Waals surface area contributed by atoms with Gasteiger partial charge in [-0.25, -0.2) is 4.98 Å². The summed E-state index contributed by atoms with van der Waals surface area (Å²) in [5.74, 6) is 0.374. The van der Waals surface area contributed by atoms with Crippen molar-refractivity contribution in [3.63, 3.8) is 0 Å². The molecule has 27 heavy (non-hydrogen) atoms. The van der Waals surface area contributed by atoms with E-state index in [4.69, 9.17) is 9.47 Å². The fourth-order valence-corrected chi connectivity index (χ4v) is 3.61. The van der Waals surface area contributed by atoms with Crippen molar-refractivity contribution in [2.45, 2.75) is 19.0 Å². The molecule has 2 aromatic rings. The number of aromatic nitrogens is 1. The highest BCUT2D eigenvalue weighted by Gasteiger charge is 2.39. The van der Waals surface area contributed by atoms with Gasteiger partial charge in [0, 0.05) is 39.4 Å². The van der Waals surface area contributed by atoms with Crippen LogP contribution < -0.4 is 4.74 Å². The first-order chi connectivity index (χ1) is 13.1. The summed E-state index contributed by atoms with van der Waals surface area (Å²) >= 11 is 0. The van der Waals surface area contributed by atoms with Gasteiger partial charge in [0.2, 0.25) is 5.88 Å². The lowest BCUT2D eigenvalue weighted by Gasteiger charge is -2.48. The minimum Gasteiger partial charge on any atom is -0.481 e. The molecule has 6 heteroatoms. The Hall–Kier alpha value is -2.44. The first kappa shape index (κ1) is 19.3. The maximum absolute atomic E-state index is 13.0. The van der Waals surface area contributed by atoms with Gasteiger partial charge in [-0.3, -0.25) is 9.69 Å². The molecule has 3 rings (SSSR count). The summed E-state index contributed by atoms with van der Waals surface area (Å²) in [6, 6.07) is 15.7. The number of pyridine rings is 1. The molecular formula is C21H27N3O3. The van der Waals surface area contributed by atoms with Gasteiger partial charge in [0.15, 0.2) is 0 Å². The van der Waals surface area contributed by atoms with Crippen LogP contribution in [0.2, 0.25) is 0 Å². The smallest absolute Gasteiger partial charge is 0.272 e. The summed E-state index contributed by atoms with van der Waals surface area (Å²) in [4.78, 5) is 21.5. The average Bonchev–Trinajstić information content (AvgIpc) is 2.70. The van der Waals surface area contributed by atoms with Gasteiger partial charge in [-0.1, -0.05) is 36.4 Å². The summed E-state index contributed by atoms with van der Waals surface area (Å²) in [6.07, 6.45) is 0. The number of benzene rings is 1. The highest BCUT2D eigenvalue weighted by Crippen LogP contribution is 2.25. The van der Waals surface area contributed by atoms with E-state index in [9.17, 15) is 4.79 Å². The molecular weight excluding hydrogens is 342 g/mol. The van der Waals surface area contributed by atoms with Gasteiger partial charge in [0.1, 0.15) is 5.69 Å². The van der Waals surface area contributed by atoms with E-state index in [1.807, 2.05) is 11.0 Å². The van der Waals surface area contributed by atoms with E-state index in [2.05, 4.69) is 41.1 Å². The van der Waals surface area contributed by atoms with E-state index in [1.165, 1.54) is 5.56 Å². The Morgan fingerprint density at radius 2 is 1.89 bits per heavy atom. The number of carbonyl (C=O) groups excluding carboxylic acids is 1. The predicted octanol–water partition coefficient (Wildman–Crippen LogP) is 2.45. The van der Waals surface area contributed by atoms with E-state index in [-0.39, 0.29) is 11.4 Å². The minimum atomic E-state index is -0.266. The summed E-state index contributed by atoms with van der Waals surface area (Å²) < 4.78 is 10.7. The van der Waals surface area contributed by atoms with Crippen LogP contribution in [-0.2, 0) is 11.3 Å². The lowest BCUT2D eigenvalue weighted by Crippen LogP contribution is -2.63. The Morgan fingerprint density at radius 3 is 2.59 bits per heavy atom. The molecule has 1 aromatic heterocycles. The zero-order valence-corrected chi connectivity index (χ0v) is 16.2. The van der Waals surface area contributed by atoms with Crippen molar-refractivity contribution >= 4 is 5.91 Å². The second kappa shape index (κ2) is 8.50. The highest BCUT2D eigenvalue weighted by molar-refractivity contribution is 5.92. The zero-order chi connectivity index (χ0) is 19.3. The molecule has 2 heterocycles. The third-order valence-electron chi connectivity index (χ3n) is 5.05. The van der Waals surface area contributed by atoms with Crippen molar-refractivity contribution in [2.24, 2.45) is 0 Å². The lowest BCUT2D eigenvalue weighted by molar-refractivity contribution is -0.0357. The van der Waals surface area contributed by atoms with Crippen molar-refractivity contribution < 1.29 is 14.3 Å². The maximum atomic E-state index is 13.0. The molecule has 1 amide bonds. The number of methoxy groups -OCH3 is 2. The topological polar surface area (TPSA) is 54.9 Å². The van der Waals surface area contributed by atoms with Crippen LogP contribution in [0.1, 0.15) is 23.0 Å². The van der Waals surface area contributed by atoms with Gasteiger partial charge >= 0.3 is 0 Å². The van der Waals surface area contributed by atoms with Gasteiger partial charge in [-0.2, -0.15) is 0 Å². The Bertz CT molecular complexity index is 768. The van der Waals surface area contributed by atoms with Crippen LogP contribution in [0, 0.1) is 0 Å². The van der Waals surface area contributed by atoms with Crippen LogP contribution in [0.4, 0.5) is 0 Å². The standard InChI is InChI=1S/C21H27N3O3/c1-21(16-26-2)15-23(20(25)18-10-7-11-19(22-18)27-3)12-13-24(21)14-17-8-5-4-6-9-17/h4-11H,12-16H2,1-3H3. The Kier molecular flexibility index (Phi) is 6.08. The van der Waals surface area contributed by atoms with Gasteiger partial charge in [-0.15, -0.1) is 0 Å². The first-order valence-electron chi connectivity index (χ1n) is 9.14. The monoisotopic (exact) mass is 369 g/mol. The summed E-state index contributed by atoms with van der Waals surface area (Å²) in [7, 11) is 3.25. The van der Waals surface area contributed by atoms with Gasteiger partial charge in [-0.05, 0) is 18.6 Å². The Balaban J connectivity index is 1.76. The predicted molar refractivity (Wildman–Crippen MR) is 104 cm³/mol. The molecule has 0 spiro atoms. The van der Waals surface area contributed by atoms with Crippen molar-refractivity contribution in [2.75, 3.05) is 40.5 Å². The third kappa shape index (κ3) is 4.46. The number of rotatable bonds is 6. The number of carbonyl (C=O) groups is 1. The molecule has 1 aromatic carbocycles. The largest absolute Gasteiger partial charge is 0.481 e. The fourth-order valence-electron chi connectivity index (χ4n) is 3.61. The van der Waals surface area contributed by atoms with Crippen molar-refractivity contribution in [3.8, 4) is 5.88 Å². The summed E-state index contributed by atoms with van der Waals surface area (Å²) in [6.45, 7) is 5.56. The Labute approximate surface area is 160 Å². The van der Waals surface area contributed by atoms with Crippen LogP contribution in [0.15, 0.2) is 48.5 Å². The van der Waals surface area contributed by atoms with E-state index >= 15 is 0 Å². The van der Waals surface area contributed by atoms with Crippen LogP contribution in [0.3, 0.4) is 0 Å². The second-order valence-corrected chi connectivity index (χ2v) is 7.13. The summed E-state index contributed by atoms with van der Waals surface area (Å²) in [5.41, 5.74) is 1.40. The molecule has 1 unspecified atom stereocenters. The number of amides is 1. The second-order valence-electron chi connectivity index (χ2n) is 7.13. The zero-order valence-electron chi connectivity index (χ0n) is 16.2. The molecule has 0 N–H and O–H groups in total. The normalized spacial score (nSPS) is 20.5. The third-order valence-corrected chi connectivity index (χ3v) is 5.05. The number of nitrogens with zero attached hydrogens (tertiary/aromatic N) is 3. The van der Waals surface area contributed by atoms with Gasteiger partial charge in [0.05, 0.1) is 19.3 Å². The molecule has 1 aliphatic rings. The number of hydrogen-bond donors (Lipinski definition) is 0. The molecule has 1 atom stereocenters. The quantitative estimate of drug-likeness (QED) is 0.783. The maximum Gasteiger partial charge on any atom is 0.272 e. The van der Waals surface area contributed by atoms with Gasteiger partial charge in [0.25, 0.3) is 5.91 Å². The molecule has 6 nitrogen and oxygen atoms in total. The van der Waals surface area contributed by atoms with Crippen LogP contribution in [0.5, 0.6) is 5.88 Å².